The standard InChI is InChI=1S/C21H29N7O3/c1-4-23-21(31)25-17-13-15(7-8-24-17)14-27-9-11-28(12-10-27)18-6-5-16(19(29)22-2)20(30)26(18)3/h5-8,13H,4,9-12,14H2,1-3H3,(H,22,29)(H2,23,24,25,31). The fraction of sp³-hybridized carbons (Fsp3) is 0.429. The number of amides is 3. The average Bonchev–Trinajstić information content (AvgIpc) is 2.76. The first kappa shape index (κ1) is 22.3. The fourth-order valence-corrected chi connectivity index (χ4v) is 3.61. The lowest BCUT2D eigenvalue weighted by Crippen LogP contribution is -2.47. The predicted octanol–water partition coefficient (Wildman–Crippen LogP) is 0.604. The van der Waals surface area contributed by atoms with E-state index in [-0.39, 0.29) is 23.1 Å². The molecule has 0 radical (unpaired) electrons. The molecule has 166 valence electrons. The van der Waals surface area contributed by atoms with Gasteiger partial charge >= 0.3 is 6.03 Å². The average molecular weight is 428 g/mol. The Balaban J connectivity index is 1.60. The van der Waals surface area contributed by atoms with Gasteiger partial charge in [-0.15, -0.1) is 0 Å². The highest BCUT2D eigenvalue weighted by Crippen LogP contribution is 2.17. The van der Waals surface area contributed by atoms with E-state index in [4.69, 9.17) is 0 Å². The third-order valence-corrected chi connectivity index (χ3v) is 5.26. The van der Waals surface area contributed by atoms with Gasteiger partial charge in [0, 0.05) is 59.6 Å². The molecule has 31 heavy (non-hydrogen) atoms. The minimum absolute atomic E-state index is 0.141. The van der Waals surface area contributed by atoms with Crippen LogP contribution < -0.4 is 26.4 Å². The van der Waals surface area contributed by atoms with Gasteiger partial charge in [-0.25, -0.2) is 9.78 Å². The van der Waals surface area contributed by atoms with E-state index < -0.39 is 0 Å². The number of nitrogens with zero attached hydrogens (tertiary/aromatic N) is 4. The molecular weight excluding hydrogens is 398 g/mol. The Labute approximate surface area is 181 Å². The minimum Gasteiger partial charge on any atom is -0.355 e. The molecule has 0 spiro atoms. The topological polar surface area (TPSA) is 112 Å². The molecule has 0 aromatic carbocycles. The number of aromatic nitrogens is 2. The van der Waals surface area contributed by atoms with Crippen molar-refractivity contribution in [3.8, 4) is 0 Å². The SMILES string of the molecule is CCNC(=O)Nc1cc(CN2CCN(c3ccc(C(=O)NC)c(=O)n3C)CC2)ccn1. The van der Waals surface area contributed by atoms with E-state index in [0.717, 1.165) is 44.1 Å². The number of anilines is 2. The maximum Gasteiger partial charge on any atom is 0.320 e. The van der Waals surface area contributed by atoms with Crippen LogP contribution in [0, 0.1) is 0 Å². The third-order valence-electron chi connectivity index (χ3n) is 5.26. The Bertz CT molecular complexity index is 997. The summed E-state index contributed by atoms with van der Waals surface area (Å²) < 4.78 is 1.53. The quantitative estimate of drug-likeness (QED) is 0.623. The molecule has 0 bridgehead atoms. The lowest BCUT2D eigenvalue weighted by molar-refractivity contribution is 0.0961. The van der Waals surface area contributed by atoms with Crippen molar-refractivity contribution in [2.24, 2.45) is 7.05 Å². The van der Waals surface area contributed by atoms with Crippen molar-refractivity contribution in [2.75, 3.05) is 50.0 Å². The van der Waals surface area contributed by atoms with Crippen LogP contribution in [0.3, 0.4) is 0 Å². The summed E-state index contributed by atoms with van der Waals surface area (Å²) in [7, 11) is 3.20. The summed E-state index contributed by atoms with van der Waals surface area (Å²) in [5.41, 5.74) is 0.905. The lowest BCUT2D eigenvalue weighted by Gasteiger charge is -2.36. The molecule has 2 aromatic heterocycles. The highest BCUT2D eigenvalue weighted by atomic mass is 16.2. The Hall–Kier alpha value is -3.40. The first-order valence-electron chi connectivity index (χ1n) is 10.3. The van der Waals surface area contributed by atoms with Gasteiger partial charge in [-0.2, -0.15) is 0 Å². The predicted molar refractivity (Wildman–Crippen MR) is 119 cm³/mol. The Morgan fingerprint density at radius 3 is 2.55 bits per heavy atom. The van der Waals surface area contributed by atoms with Gasteiger partial charge in [-0.1, -0.05) is 0 Å². The second kappa shape index (κ2) is 10.1. The molecule has 10 nitrogen and oxygen atoms in total. The monoisotopic (exact) mass is 427 g/mol. The number of piperazine rings is 1. The molecule has 3 N–H and O–H groups in total. The second-order valence-corrected chi connectivity index (χ2v) is 7.35. The molecule has 3 rings (SSSR count). The largest absolute Gasteiger partial charge is 0.355 e. The number of pyridine rings is 2. The summed E-state index contributed by atoms with van der Waals surface area (Å²) >= 11 is 0. The van der Waals surface area contributed by atoms with E-state index in [1.54, 1.807) is 19.3 Å². The summed E-state index contributed by atoms with van der Waals surface area (Å²) in [6, 6.07) is 6.96. The Morgan fingerprint density at radius 2 is 1.87 bits per heavy atom. The molecule has 1 fully saturated rings. The van der Waals surface area contributed by atoms with E-state index in [0.29, 0.717) is 12.4 Å². The first-order chi connectivity index (χ1) is 14.9. The maximum atomic E-state index is 12.5. The Morgan fingerprint density at radius 1 is 1.13 bits per heavy atom. The summed E-state index contributed by atoms with van der Waals surface area (Å²) in [4.78, 5) is 44.7. The van der Waals surface area contributed by atoms with Gasteiger partial charge in [0.1, 0.15) is 17.2 Å². The number of nitrogens with one attached hydrogen (secondary N) is 3. The van der Waals surface area contributed by atoms with E-state index in [9.17, 15) is 14.4 Å². The number of carbonyl (C=O) groups excluding carboxylic acids is 2. The van der Waals surface area contributed by atoms with Crippen molar-refractivity contribution in [1.29, 1.82) is 0 Å². The molecule has 10 heteroatoms. The molecule has 1 saturated heterocycles. The van der Waals surface area contributed by atoms with Crippen molar-refractivity contribution in [3.05, 3.63) is 51.9 Å². The van der Waals surface area contributed by atoms with Crippen LogP contribution in [-0.4, -0.2) is 66.2 Å². The number of hydrogen-bond acceptors (Lipinski definition) is 6. The van der Waals surface area contributed by atoms with Gasteiger partial charge in [-0.05, 0) is 36.8 Å². The van der Waals surface area contributed by atoms with Gasteiger partial charge < -0.3 is 15.5 Å². The molecule has 2 aromatic rings. The third kappa shape index (κ3) is 5.40. The summed E-state index contributed by atoms with van der Waals surface area (Å²) in [5.74, 6) is 0.943. The van der Waals surface area contributed by atoms with E-state index in [1.807, 2.05) is 25.1 Å². The van der Waals surface area contributed by atoms with Crippen LogP contribution in [0.4, 0.5) is 16.4 Å². The Kier molecular flexibility index (Phi) is 7.24. The van der Waals surface area contributed by atoms with Crippen LogP contribution in [0.5, 0.6) is 0 Å². The lowest BCUT2D eigenvalue weighted by atomic mass is 10.2. The molecule has 3 amide bonds. The number of hydrogen-bond donors (Lipinski definition) is 3. The van der Waals surface area contributed by atoms with E-state index >= 15 is 0 Å². The van der Waals surface area contributed by atoms with E-state index in [2.05, 4.69) is 30.7 Å². The normalized spacial score (nSPS) is 14.2. The summed E-state index contributed by atoms with van der Waals surface area (Å²) in [6.45, 7) is 6.34. The van der Waals surface area contributed by atoms with Crippen LogP contribution in [0.1, 0.15) is 22.8 Å². The molecule has 0 atom stereocenters. The van der Waals surface area contributed by atoms with Crippen molar-refractivity contribution >= 4 is 23.6 Å². The number of rotatable bonds is 6. The number of carbonyl (C=O) groups is 2. The van der Waals surface area contributed by atoms with Crippen LogP contribution in [0.2, 0.25) is 0 Å². The van der Waals surface area contributed by atoms with Crippen molar-refractivity contribution in [1.82, 2.24) is 25.1 Å². The smallest absolute Gasteiger partial charge is 0.320 e. The summed E-state index contributed by atoms with van der Waals surface area (Å²) in [5, 5.41) is 7.91. The summed E-state index contributed by atoms with van der Waals surface area (Å²) in [6.07, 6.45) is 1.69. The fourth-order valence-electron chi connectivity index (χ4n) is 3.61. The van der Waals surface area contributed by atoms with Gasteiger partial charge in [0.2, 0.25) is 0 Å². The zero-order valence-corrected chi connectivity index (χ0v) is 18.1. The second-order valence-electron chi connectivity index (χ2n) is 7.35. The van der Waals surface area contributed by atoms with Crippen molar-refractivity contribution in [2.45, 2.75) is 13.5 Å². The minimum atomic E-state index is -0.379. The van der Waals surface area contributed by atoms with Crippen LogP contribution in [0.15, 0.2) is 35.3 Å². The maximum absolute atomic E-state index is 12.5. The van der Waals surface area contributed by atoms with Crippen LogP contribution in [-0.2, 0) is 13.6 Å². The van der Waals surface area contributed by atoms with Crippen molar-refractivity contribution in [3.63, 3.8) is 0 Å². The molecule has 1 aliphatic heterocycles. The van der Waals surface area contributed by atoms with Gasteiger partial charge in [-0.3, -0.25) is 24.4 Å². The first-order valence-corrected chi connectivity index (χ1v) is 10.3. The van der Waals surface area contributed by atoms with Crippen molar-refractivity contribution < 1.29 is 9.59 Å². The highest BCUT2D eigenvalue weighted by Gasteiger charge is 2.21. The van der Waals surface area contributed by atoms with Crippen LogP contribution >= 0.6 is 0 Å². The zero-order chi connectivity index (χ0) is 22.4. The highest BCUT2D eigenvalue weighted by molar-refractivity contribution is 5.93. The molecule has 1 aliphatic rings. The number of urea groups is 1. The molecular formula is C21H29N7O3. The molecule has 0 aliphatic carbocycles. The van der Waals surface area contributed by atoms with Gasteiger partial charge in [0.05, 0.1) is 0 Å². The molecule has 3 heterocycles. The molecule has 0 unspecified atom stereocenters. The van der Waals surface area contributed by atoms with Gasteiger partial charge in [0.25, 0.3) is 11.5 Å². The van der Waals surface area contributed by atoms with Crippen LogP contribution in [0.25, 0.3) is 0 Å². The molecule has 0 saturated carbocycles. The van der Waals surface area contributed by atoms with Gasteiger partial charge in [0.15, 0.2) is 0 Å². The zero-order valence-electron chi connectivity index (χ0n) is 18.1. The van der Waals surface area contributed by atoms with E-state index in [1.165, 1.54) is 11.6 Å².